The van der Waals surface area contributed by atoms with Crippen molar-refractivity contribution in [1.29, 1.82) is 5.26 Å². The van der Waals surface area contributed by atoms with E-state index in [1.807, 2.05) is 13.0 Å². The molecule has 0 saturated carbocycles. The molecule has 0 fully saturated rings. The number of carbonyl (C=O) groups is 1. The molecular formula is C12H13NO3. The summed E-state index contributed by atoms with van der Waals surface area (Å²) < 4.78 is 5.32. The van der Waals surface area contributed by atoms with Gasteiger partial charge in [-0.05, 0) is 18.6 Å². The Labute approximate surface area is 94.1 Å². The van der Waals surface area contributed by atoms with Gasteiger partial charge in [-0.3, -0.25) is 0 Å². The average Bonchev–Trinajstić information content (AvgIpc) is 2.29. The fraction of sp³-hybridized carbons (Fsp3) is 0.333. The summed E-state index contributed by atoms with van der Waals surface area (Å²) in [4.78, 5) is 10.9. The third-order valence-corrected chi connectivity index (χ3v) is 2.10. The Hall–Kier alpha value is -2.02. The predicted molar refractivity (Wildman–Crippen MR) is 58.1 cm³/mol. The largest absolute Gasteiger partial charge is 0.479 e. The highest BCUT2D eigenvalue weighted by Crippen LogP contribution is 2.19. The fourth-order valence-corrected chi connectivity index (χ4v) is 1.31. The number of carboxylic acids is 1. The first-order valence-corrected chi connectivity index (χ1v) is 5.07. The summed E-state index contributed by atoms with van der Waals surface area (Å²) in [6.07, 6.45) is 0.250. The highest BCUT2D eigenvalue weighted by molar-refractivity contribution is 5.72. The number of benzene rings is 1. The van der Waals surface area contributed by atoms with Crippen LogP contribution in [0.5, 0.6) is 5.75 Å². The third kappa shape index (κ3) is 2.99. The summed E-state index contributed by atoms with van der Waals surface area (Å²) in [6.45, 7) is 1.88. The molecule has 0 radical (unpaired) electrons. The molecule has 0 aliphatic carbocycles. The van der Waals surface area contributed by atoms with Crippen molar-refractivity contribution >= 4 is 5.97 Å². The lowest BCUT2D eigenvalue weighted by Crippen LogP contribution is -2.26. The van der Waals surface area contributed by atoms with Crippen LogP contribution in [0.15, 0.2) is 24.3 Å². The molecule has 0 saturated heterocycles. The van der Waals surface area contributed by atoms with Gasteiger partial charge in [0.15, 0.2) is 6.10 Å². The van der Waals surface area contributed by atoms with Crippen LogP contribution in [0.25, 0.3) is 0 Å². The van der Waals surface area contributed by atoms with E-state index in [4.69, 9.17) is 15.1 Å². The highest BCUT2D eigenvalue weighted by atomic mass is 16.5. The molecule has 1 N–H and O–H groups in total. The number of para-hydroxylation sites is 1. The van der Waals surface area contributed by atoms with Gasteiger partial charge in [-0.15, -0.1) is 0 Å². The van der Waals surface area contributed by atoms with E-state index in [-0.39, 0.29) is 0 Å². The van der Waals surface area contributed by atoms with E-state index in [0.29, 0.717) is 24.2 Å². The highest BCUT2D eigenvalue weighted by Gasteiger charge is 2.19. The number of hydrogen-bond donors (Lipinski definition) is 1. The van der Waals surface area contributed by atoms with Crippen LogP contribution in [0, 0.1) is 11.3 Å². The molecule has 1 unspecified atom stereocenters. The molecule has 1 rings (SSSR count). The van der Waals surface area contributed by atoms with Crippen LogP contribution in [-0.4, -0.2) is 17.2 Å². The van der Waals surface area contributed by atoms with Crippen LogP contribution in [0.3, 0.4) is 0 Å². The molecule has 0 heterocycles. The van der Waals surface area contributed by atoms with Crippen molar-refractivity contribution in [3.05, 3.63) is 29.8 Å². The van der Waals surface area contributed by atoms with Gasteiger partial charge in [-0.2, -0.15) is 5.26 Å². The maximum atomic E-state index is 10.9. The van der Waals surface area contributed by atoms with Gasteiger partial charge in [0.2, 0.25) is 0 Å². The number of aliphatic carboxylic acids is 1. The quantitative estimate of drug-likeness (QED) is 0.824. The Bertz CT molecular complexity index is 409. The van der Waals surface area contributed by atoms with Gasteiger partial charge in [0.05, 0.1) is 5.56 Å². The summed E-state index contributed by atoms with van der Waals surface area (Å²) in [5.41, 5.74) is 0.352. The smallest absolute Gasteiger partial charge is 0.344 e. The second kappa shape index (κ2) is 5.76. The van der Waals surface area contributed by atoms with E-state index in [2.05, 4.69) is 0 Å². The zero-order valence-corrected chi connectivity index (χ0v) is 9.01. The zero-order chi connectivity index (χ0) is 12.0. The zero-order valence-electron chi connectivity index (χ0n) is 9.01. The lowest BCUT2D eigenvalue weighted by atomic mass is 10.2. The van der Waals surface area contributed by atoms with E-state index in [1.54, 1.807) is 24.3 Å². The van der Waals surface area contributed by atoms with Gasteiger partial charge in [-0.25, -0.2) is 4.79 Å². The molecule has 0 amide bonds. The van der Waals surface area contributed by atoms with Crippen molar-refractivity contribution in [1.82, 2.24) is 0 Å². The minimum atomic E-state index is -1.01. The normalized spacial score (nSPS) is 11.5. The number of nitriles is 1. The molecule has 0 bridgehead atoms. The monoisotopic (exact) mass is 219 g/mol. The van der Waals surface area contributed by atoms with Gasteiger partial charge < -0.3 is 9.84 Å². The summed E-state index contributed by atoms with van der Waals surface area (Å²) in [5, 5.41) is 17.7. The first kappa shape index (κ1) is 12.1. The Morgan fingerprint density at radius 2 is 2.25 bits per heavy atom. The van der Waals surface area contributed by atoms with Gasteiger partial charge in [0.1, 0.15) is 11.8 Å². The second-order valence-electron chi connectivity index (χ2n) is 3.34. The minimum Gasteiger partial charge on any atom is -0.479 e. The number of ether oxygens (including phenoxy) is 1. The van der Waals surface area contributed by atoms with E-state index in [1.165, 1.54) is 0 Å². The fourth-order valence-electron chi connectivity index (χ4n) is 1.31. The molecule has 1 aromatic carbocycles. The maximum absolute atomic E-state index is 10.9. The molecule has 0 spiro atoms. The van der Waals surface area contributed by atoms with Crippen LogP contribution in [0.2, 0.25) is 0 Å². The molecule has 1 aromatic rings. The third-order valence-electron chi connectivity index (χ3n) is 2.10. The van der Waals surface area contributed by atoms with Crippen LogP contribution in [-0.2, 0) is 4.79 Å². The first-order valence-electron chi connectivity index (χ1n) is 5.07. The molecule has 1 atom stereocenters. The van der Waals surface area contributed by atoms with Crippen molar-refractivity contribution in [2.75, 3.05) is 0 Å². The predicted octanol–water partition coefficient (Wildman–Crippen LogP) is 2.19. The molecule has 4 nitrogen and oxygen atoms in total. The maximum Gasteiger partial charge on any atom is 0.344 e. The number of carboxylic acid groups (broad SMARTS) is 1. The van der Waals surface area contributed by atoms with Crippen LogP contribution >= 0.6 is 0 Å². The van der Waals surface area contributed by atoms with E-state index >= 15 is 0 Å². The topological polar surface area (TPSA) is 70.3 Å². The Balaban J connectivity index is 2.85. The number of hydrogen-bond acceptors (Lipinski definition) is 3. The summed E-state index contributed by atoms with van der Waals surface area (Å²) in [6, 6.07) is 8.58. The molecule has 0 aromatic heterocycles. The Morgan fingerprint density at radius 3 is 2.81 bits per heavy atom. The van der Waals surface area contributed by atoms with Crippen molar-refractivity contribution in [2.24, 2.45) is 0 Å². The summed E-state index contributed by atoms with van der Waals surface area (Å²) in [7, 11) is 0. The van der Waals surface area contributed by atoms with Gasteiger partial charge in [0, 0.05) is 0 Å². The number of rotatable bonds is 5. The molecule has 4 heteroatoms. The van der Waals surface area contributed by atoms with Crippen LogP contribution < -0.4 is 4.74 Å². The van der Waals surface area contributed by atoms with Gasteiger partial charge >= 0.3 is 5.97 Å². The lowest BCUT2D eigenvalue weighted by Gasteiger charge is -2.14. The van der Waals surface area contributed by atoms with E-state index in [0.717, 1.165) is 0 Å². The van der Waals surface area contributed by atoms with Crippen molar-refractivity contribution in [3.63, 3.8) is 0 Å². The molecule has 0 aliphatic rings. The Kier molecular flexibility index (Phi) is 4.34. The van der Waals surface area contributed by atoms with E-state index in [9.17, 15) is 4.79 Å². The molecule has 84 valence electrons. The van der Waals surface area contributed by atoms with Crippen LogP contribution in [0.1, 0.15) is 25.3 Å². The SMILES string of the molecule is CCCC(Oc1ccccc1C#N)C(=O)O. The minimum absolute atomic E-state index is 0.325. The van der Waals surface area contributed by atoms with Gasteiger partial charge in [-0.1, -0.05) is 25.5 Å². The van der Waals surface area contributed by atoms with Crippen LogP contribution in [0.4, 0.5) is 0 Å². The van der Waals surface area contributed by atoms with Crippen molar-refractivity contribution < 1.29 is 14.6 Å². The van der Waals surface area contributed by atoms with Crippen molar-refractivity contribution in [2.45, 2.75) is 25.9 Å². The Morgan fingerprint density at radius 1 is 1.56 bits per heavy atom. The second-order valence-corrected chi connectivity index (χ2v) is 3.34. The standard InChI is InChI=1S/C12H13NO3/c1-2-5-11(12(14)15)16-10-7-4-3-6-9(10)8-13/h3-4,6-7,11H,2,5H2,1H3,(H,14,15). The summed E-state index contributed by atoms with van der Waals surface area (Å²) in [5.74, 6) is -0.680. The number of nitrogens with zero attached hydrogens (tertiary/aromatic N) is 1. The van der Waals surface area contributed by atoms with Crippen molar-refractivity contribution in [3.8, 4) is 11.8 Å². The first-order chi connectivity index (χ1) is 7.69. The average molecular weight is 219 g/mol. The molecule has 0 aliphatic heterocycles. The summed E-state index contributed by atoms with van der Waals surface area (Å²) >= 11 is 0. The van der Waals surface area contributed by atoms with E-state index < -0.39 is 12.1 Å². The molecule has 16 heavy (non-hydrogen) atoms. The lowest BCUT2D eigenvalue weighted by molar-refractivity contribution is -0.145. The molecular weight excluding hydrogens is 206 g/mol. The van der Waals surface area contributed by atoms with Gasteiger partial charge in [0.25, 0.3) is 0 Å².